The molecule has 0 spiro atoms. The van der Waals surface area contributed by atoms with Gasteiger partial charge in [-0.25, -0.2) is 4.79 Å². The number of allylic oxidation sites excluding steroid dienone is 1. The topological polar surface area (TPSA) is 35.5 Å². The van der Waals surface area contributed by atoms with Crippen LogP contribution in [-0.2, 0) is 4.74 Å². The highest BCUT2D eigenvalue weighted by atomic mass is 16.7. The second-order valence-corrected chi connectivity index (χ2v) is 13.7. The Morgan fingerprint density at radius 1 is 0.947 bits per heavy atom. The molecule has 3 fully saturated rings. The minimum Gasteiger partial charge on any atom is -0.430 e. The molecule has 3 heteroatoms. The first-order valence-electron chi connectivity index (χ1n) is 16.0. The number of fused-ring (bicyclic) bond motifs is 5. The zero-order chi connectivity index (χ0) is 26.8. The van der Waals surface area contributed by atoms with Crippen molar-refractivity contribution in [1.82, 2.24) is 0 Å². The smallest absolute Gasteiger partial charge is 0.430 e. The molecule has 210 valence electrons. The third-order valence-electron chi connectivity index (χ3n) is 11.7. The van der Waals surface area contributed by atoms with Gasteiger partial charge < -0.3 is 9.47 Å². The maximum atomic E-state index is 12.6. The highest BCUT2D eigenvalue weighted by molar-refractivity contribution is 5.64. The van der Waals surface area contributed by atoms with Gasteiger partial charge in [-0.1, -0.05) is 89.1 Å². The van der Waals surface area contributed by atoms with Gasteiger partial charge in [0.2, 0.25) is 0 Å². The molecule has 0 unspecified atom stereocenters. The number of carbonyl (C=O) groups is 1. The summed E-state index contributed by atoms with van der Waals surface area (Å²) in [6.45, 7) is 9.48. The first-order chi connectivity index (χ1) is 18.3. The lowest BCUT2D eigenvalue weighted by Crippen LogP contribution is -2.50. The second kappa shape index (κ2) is 11.8. The maximum Gasteiger partial charge on any atom is 0.514 e. The second-order valence-electron chi connectivity index (χ2n) is 13.7. The standard InChI is InChI=1S/C35H52O3/c1-5-6-7-8-9-10-14-26-17-19-30-29-18-16-27-24-28(37-33(36)38-32-15-12-11-13-25(32)2)20-22-35(27,4)31(29)21-23-34(26,30)3/h11-13,15-16,26,28-31H,5-10,14,17-24H2,1-4H3/t26-,28+,29-,30-,31-,34+,35+/m1/s1. The summed E-state index contributed by atoms with van der Waals surface area (Å²) < 4.78 is 11.4. The Morgan fingerprint density at radius 3 is 2.55 bits per heavy atom. The third kappa shape index (κ3) is 5.46. The summed E-state index contributed by atoms with van der Waals surface area (Å²) in [5.41, 5.74) is 3.35. The van der Waals surface area contributed by atoms with E-state index in [1.54, 1.807) is 5.57 Å². The van der Waals surface area contributed by atoms with Crippen LogP contribution in [0.5, 0.6) is 5.75 Å². The highest BCUT2D eigenvalue weighted by Gasteiger charge is 2.58. The Hall–Kier alpha value is -1.77. The van der Waals surface area contributed by atoms with Crippen molar-refractivity contribution < 1.29 is 14.3 Å². The van der Waals surface area contributed by atoms with Crippen molar-refractivity contribution in [1.29, 1.82) is 0 Å². The summed E-state index contributed by atoms with van der Waals surface area (Å²) in [5, 5.41) is 0. The third-order valence-corrected chi connectivity index (χ3v) is 11.7. The van der Waals surface area contributed by atoms with Crippen molar-refractivity contribution >= 4 is 6.16 Å². The molecule has 0 amide bonds. The van der Waals surface area contributed by atoms with E-state index < -0.39 is 6.16 Å². The molecule has 0 heterocycles. The monoisotopic (exact) mass is 520 g/mol. The van der Waals surface area contributed by atoms with Crippen LogP contribution in [0.4, 0.5) is 4.79 Å². The van der Waals surface area contributed by atoms with Crippen LogP contribution >= 0.6 is 0 Å². The highest BCUT2D eigenvalue weighted by Crippen LogP contribution is 2.66. The minimum atomic E-state index is -0.557. The fourth-order valence-electron chi connectivity index (χ4n) is 9.40. The van der Waals surface area contributed by atoms with E-state index in [9.17, 15) is 4.79 Å². The summed E-state index contributed by atoms with van der Waals surface area (Å²) in [4.78, 5) is 12.6. The van der Waals surface area contributed by atoms with Gasteiger partial charge in [0.15, 0.2) is 0 Å². The van der Waals surface area contributed by atoms with Crippen molar-refractivity contribution in [2.45, 2.75) is 130 Å². The average molecular weight is 521 g/mol. The molecule has 0 saturated heterocycles. The molecule has 1 aromatic rings. The molecule has 4 aliphatic rings. The molecule has 1 aromatic carbocycles. The lowest BCUT2D eigenvalue weighted by Gasteiger charge is -2.58. The average Bonchev–Trinajstić information content (AvgIpc) is 3.24. The zero-order valence-electron chi connectivity index (χ0n) is 24.6. The fourth-order valence-corrected chi connectivity index (χ4v) is 9.40. The Labute approximate surface area is 232 Å². The number of para-hydroxylation sites is 1. The van der Waals surface area contributed by atoms with Crippen molar-refractivity contribution in [3.63, 3.8) is 0 Å². The van der Waals surface area contributed by atoms with Crippen LogP contribution in [0.1, 0.15) is 123 Å². The van der Waals surface area contributed by atoms with Crippen LogP contribution < -0.4 is 4.74 Å². The first kappa shape index (κ1) is 27.8. The Bertz CT molecular complexity index is 997. The van der Waals surface area contributed by atoms with E-state index in [2.05, 4.69) is 26.8 Å². The fraction of sp³-hybridized carbons (Fsp3) is 0.743. The lowest BCUT2D eigenvalue weighted by atomic mass is 9.47. The molecule has 0 aromatic heterocycles. The van der Waals surface area contributed by atoms with E-state index in [0.717, 1.165) is 48.5 Å². The van der Waals surface area contributed by atoms with Crippen LogP contribution in [0.3, 0.4) is 0 Å². The SMILES string of the molecule is CCCCCCCC[C@@H]1CC[C@@H]2[C@H]3CC=C4C[C@@H](OC(=O)Oc5ccccc5C)CC[C@]4(C)[C@@H]3CC[C@@]12C. The van der Waals surface area contributed by atoms with Crippen LogP contribution in [0.25, 0.3) is 0 Å². The summed E-state index contributed by atoms with van der Waals surface area (Å²) in [6.07, 6.45) is 21.8. The van der Waals surface area contributed by atoms with Gasteiger partial charge in [-0.15, -0.1) is 0 Å². The molecule has 4 aliphatic carbocycles. The Balaban J connectivity index is 1.18. The van der Waals surface area contributed by atoms with Gasteiger partial charge in [-0.05, 0) is 104 Å². The van der Waals surface area contributed by atoms with Crippen LogP contribution in [0, 0.1) is 41.4 Å². The molecule has 3 saturated carbocycles. The number of hydrogen-bond donors (Lipinski definition) is 0. The molecule has 3 nitrogen and oxygen atoms in total. The molecule has 0 aliphatic heterocycles. The van der Waals surface area contributed by atoms with Crippen LogP contribution in [0.15, 0.2) is 35.9 Å². The van der Waals surface area contributed by atoms with Gasteiger partial charge in [0.1, 0.15) is 11.9 Å². The first-order valence-corrected chi connectivity index (χ1v) is 16.0. The number of ether oxygens (including phenoxy) is 2. The van der Waals surface area contributed by atoms with Crippen molar-refractivity contribution in [2.75, 3.05) is 0 Å². The molecule has 0 radical (unpaired) electrons. The molecule has 7 atom stereocenters. The molecule has 5 rings (SSSR count). The van der Waals surface area contributed by atoms with Gasteiger partial charge in [0.05, 0.1) is 0 Å². The largest absolute Gasteiger partial charge is 0.514 e. The van der Waals surface area contributed by atoms with E-state index in [4.69, 9.17) is 9.47 Å². The van der Waals surface area contributed by atoms with E-state index in [0.29, 0.717) is 11.2 Å². The molecule has 38 heavy (non-hydrogen) atoms. The number of carbonyl (C=O) groups excluding carboxylic acids is 1. The molecule has 0 N–H and O–H groups in total. The predicted octanol–water partition coefficient (Wildman–Crippen LogP) is 10.2. The Morgan fingerprint density at radius 2 is 1.74 bits per heavy atom. The number of hydrogen-bond acceptors (Lipinski definition) is 3. The normalized spacial score (nSPS) is 36.0. The summed E-state index contributed by atoms with van der Waals surface area (Å²) in [5.74, 6) is 4.09. The predicted molar refractivity (Wildman–Crippen MR) is 155 cm³/mol. The number of benzene rings is 1. The van der Waals surface area contributed by atoms with Gasteiger partial charge in [0.25, 0.3) is 0 Å². The zero-order valence-corrected chi connectivity index (χ0v) is 24.6. The summed E-state index contributed by atoms with van der Waals surface area (Å²) in [7, 11) is 0. The van der Waals surface area contributed by atoms with E-state index in [1.807, 2.05) is 31.2 Å². The lowest BCUT2D eigenvalue weighted by molar-refractivity contribution is -0.0538. The molecular formula is C35H52O3. The number of aryl methyl sites for hydroxylation is 1. The van der Waals surface area contributed by atoms with E-state index in [1.165, 1.54) is 77.0 Å². The minimum absolute atomic E-state index is 0.0653. The Kier molecular flexibility index (Phi) is 8.60. The van der Waals surface area contributed by atoms with Crippen LogP contribution in [0.2, 0.25) is 0 Å². The van der Waals surface area contributed by atoms with Crippen molar-refractivity contribution in [3.8, 4) is 5.75 Å². The molecular weight excluding hydrogens is 468 g/mol. The maximum absolute atomic E-state index is 12.6. The van der Waals surface area contributed by atoms with Crippen molar-refractivity contribution in [2.24, 2.45) is 34.5 Å². The summed E-state index contributed by atoms with van der Waals surface area (Å²) >= 11 is 0. The van der Waals surface area contributed by atoms with E-state index in [-0.39, 0.29) is 11.5 Å². The van der Waals surface area contributed by atoms with Gasteiger partial charge in [-0.2, -0.15) is 0 Å². The van der Waals surface area contributed by atoms with Crippen LogP contribution in [-0.4, -0.2) is 12.3 Å². The van der Waals surface area contributed by atoms with E-state index >= 15 is 0 Å². The molecule has 0 bridgehead atoms. The van der Waals surface area contributed by atoms with Crippen molar-refractivity contribution in [3.05, 3.63) is 41.5 Å². The number of rotatable bonds is 9. The number of unbranched alkanes of at least 4 members (excludes halogenated alkanes) is 5. The quantitative estimate of drug-likeness (QED) is 0.141. The van der Waals surface area contributed by atoms with Gasteiger partial charge in [0, 0.05) is 6.42 Å². The summed E-state index contributed by atoms with van der Waals surface area (Å²) in [6, 6.07) is 7.62. The van der Waals surface area contributed by atoms with Gasteiger partial charge in [-0.3, -0.25) is 0 Å². The van der Waals surface area contributed by atoms with Gasteiger partial charge >= 0.3 is 6.16 Å².